The first-order valence-electron chi connectivity index (χ1n) is 7.06. The highest BCUT2D eigenvalue weighted by Gasteiger charge is 2.24. The SMILES string of the molecule is CCC(CC#N)NC(C)C1CCN(CC)CC1. The van der Waals surface area contributed by atoms with Crippen molar-refractivity contribution >= 4 is 0 Å². The summed E-state index contributed by atoms with van der Waals surface area (Å²) >= 11 is 0. The minimum Gasteiger partial charge on any atom is -0.310 e. The molecule has 0 radical (unpaired) electrons. The molecule has 1 rings (SSSR count). The predicted octanol–water partition coefficient (Wildman–Crippen LogP) is 2.39. The average molecular weight is 237 g/mol. The van der Waals surface area contributed by atoms with E-state index in [1.165, 1.54) is 32.5 Å². The summed E-state index contributed by atoms with van der Waals surface area (Å²) in [5.41, 5.74) is 0. The number of nitrogens with one attached hydrogen (secondary N) is 1. The molecule has 0 saturated carbocycles. The fourth-order valence-electron chi connectivity index (χ4n) is 2.71. The second-order valence-electron chi connectivity index (χ2n) is 5.19. The quantitative estimate of drug-likeness (QED) is 0.771. The van der Waals surface area contributed by atoms with Crippen LogP contribution >= 0.6 is 0 Å². The number of nitriles is 1. The predicted molar refractivity (Wildman–Crippen MR) is 71.7 cm³/mol. The fourth-order valence-corrected chi connectivity index (χ4v) is 2.71. The molecule has 17 heavy (non-hydrogen) atoms. The van der Waals surface area contributed by atoms with Gasteiger partial charge in [-0.15, -0.1) is 0 Å². The lowest BCUT2D eigenvalue weighted by molar-refractivity contribution is 0.164. The Bertz CT molecular complexity index is 238. The summed E-state index contributed by atoms with van der Waals surface area (Å²) in [5.74, 6) is 0.783. The van der Waals surface area contributed by atoms with Crippen molar-refractivity contribution < 1.29 is 0 Å². The molecule has 1 fully saturated rings. The lowest BCUT2D eigenvalue weighted by Crippen LogP contribution is -2.45. The largest absolute Gasteiger partial charge is 0.310 e. The van der Waals surface area contributed by atoms with Gasteiger partial charge >= 0.3 is 0 Å². The van der Waals surface area contributed by atoms with E-state index >= 15 is 0 Å². The van der Waals surface area contributed by atoms with E-state index in [2.05, 4.69) is 37.1 Å². The van der Waals surface area contributed by atoms with E-state index < -0.39 is 0 Å². The van der Waals surface area contributed by atoms with Crippen molar-refractivity contribution in [2.75, 3.05) is 19.6 Å². The van der Waals surface area contributed by atoms with Gasteiger partial charge in [-0.2, -0.15) is 5.26 Å². The third kappa shape index (κ3) is 4.65. The highest BCUT2D eigenvalue weighted by molar-refractivity contribution is 4.85. The molecule has 0 aromatic rings. The summed E-state index contributed by atoms with van der Waals surface area (Å²) in [4.78, 5) is 2.52. The zero-order chi connectivity index (χ0) is 12.7. The Morgan fingerprint density at radius 2 is 2.00 bits per heavy atom. The molecule has 2 atom stereocenters. The van der Waals surface area contributed by atoms with Crippen LogP contribution in [0.3, 0.4) is 0 Å². The van der Waals surface area contributed by atoms with E-state index in [1.54, 1.807) is 0 Å². The number of rotatable bonds is 6. The van der Waals surface area contributed by atoms with E-state index in [9.17, 15) is 0 Å². The Kier molecular flexibility index (Phi) is 6.54. The molecule has 1 saturated heterocycles. The van der Waals surface area contributed by atoms with E-state index in [-0.39, 0.29) is 0 Å². The van der Waals surface area contributed by atoms with Gasteiger partial charge in [0.2, 0.25) is 0 Å². The first kappa shape index (κ1) is 14.5. The molecule has 1 N–H and O–H groups in total. The van der Waals surface area contributed by atoms with Crippen LogP contribution in [0.15, 0.2) is 0 Å². The summed E-state index contributed by atoms with van der Waals surface area (Å²) in [5, 5.41) is 12.4. The standard InChI is InChI=1S/C14H27N3/c1-4-14(6-9-15)16-12(3)13-7-10-17(5-2)11-8-13/h12-14,16H,4-8,10-11H2,1-3H3. The van der Waals surface area contributed by atoms with Gasteiger partial charge in [-0.3, -0.25) is 0 Å². The normalized spacial score (nSPS) is 22.0. The molecule has 0 aromatic carbocycles. The monoisotopic (exact) mass is 237 g/mol. The highest BCUT2D eigenvalue weighted by Crippen LogP contribution is 2.21. The molecule has 1 aliphatic rings. The summed E-state index contributed by atoms with van der Waals surface area (Å²) < 4.78 is 0. The zero-order valence-electron chi connectivity index (χ0n) is 11.6. The van der Waals surface area contributed by atoms with Crippen molar-refractivity contribution in [2.45, 2.75) is 58.5 Å². The van der Waals surface area contributed by atoms with Crippen molar-refractivity contribution in [3.63, 3.8) is 0 Å². The molecule has 1 heterocycles. The third-order valence-electron chi connectivity index (χ3n) is 4.12. The van der Waals surface area contributed by atoms with Crippen LogP contribution in [0.25, 0.3) is 0 Å². The van der Waals surface area contributed by atoms with Gasteiger partial charge in [0.1, 0.15) is 0 Å². The maximum Gasteiger partial charge on any atom is 0.0638 e. The van der Waals surface area contributed by atoms with Crippen molar-refractivity contribution in [1.82, 2.24) is 10.2 Å². The summed E-state index contributed by atoms with van der Waals surface area (Å²) in [7, 11) is 0. The Labute approximate surface area is 106 Å². The van der Waals surface area contributed by atoms with E-state index in [1.807, 2.05) is 0 Å². The second kappa shape index (κ2) is 7.68. The van der Waals surface area contributed by atoms with Gasteiger partial charge in [0, 0.05) is 12.1 Å². The lowest BCUT2D eigenvalue weighted by atomic mass is 9.89. The average Bonchev–Trinajstić information content (AvgIpc) is 2.38. The molecular weight excluding hydrogens is 210 g/mol. The lowest BCUT2D eigenvalue weighted by Gasteiger charge is -2.35. The topological polar surface area (TPSA) is 39.1 Å². The molecule has 0 aliphatic carbocycles. The van der Waals surface area contributed by atoms with Crippen molar-refractivity contribution in [3.8, 4) is 6.07 Å². The first-order chi connectivity index (χ1) is 8.21. The maximum atomic E-state index is 8.76. The minimum atomic E-state index is 0.374. The number of nitrogens with zero attached hydrogens (tertiary/aromatic N) is 2. The van der Waals surface area contributed by atoms with Crippen molar-refractivity contribution in [3.05, 3.63) is 0 Å². The van der Waals surface area contributed by atoms with Gasteiger partial charge < -0.3 is 10.2 Å². The first-order valence-corrected chi connectivity index (χ1v) is 7.06. The van der Waals surface area contributed by atoms with Gasteiger partial charge in [-0.05, 0) is 51.7 Å². The van der Waals surface area contributed by atoms with Crippen LogP contribution in [-0.4, -0.2) is 36.6 Å². The molecule has 3 heteroatoms. The van der Waals surface area contributed by atoms with E-state index in [4.69, 9.17) is 5.26 Å². The highest BCUT2D eigenvalue weighted by atomic mass is 15.1. The second-order valence-corrected chi connectivity index (χ2v) is 5.19. The number of hydrogen-bond donors (Lipinski definition) is 1. The van der Waals surface area contributed by atoms with Crippen LogP contribution in [0.2, 0.25) is 0 Å². The summed E-state index contributed by atoms with van der Waals surface area (Å²) in [6.45, 7) is 10.3. The summed E-state index contributed by atoms with van der Waals surface area (Å²) in [6, 6.07) is 3.20. The van der Waals surface area contributed by atoms with Crippen LogP contribution in [-0.2, 0) is 0 Å². The molecular formula is C14H27N3. The van der Waals surface area contributed by atoms with Crippen LogP contribution in [0, 0.1) is 17.2 Å². The van der Waals surface area contributed by atoms with Gasteiger partial charge in [-0.25, -0.2) is 0 Å². The van der Waals surface area contributed by atoms with Crippen molar-refractivity contribution in [2.24, 2.45) is 5.92 Å². The van der Waals surface area contributed by atoms with Gasteiger partial charge in [0.05, 0.1) is 12.5 Å². The molecule has 0 bridgehead atoms. The Morgan fingerprint density at radius 3 is 2.47 bits per heavy atom. The summed E-state index contributed by atoms with van der Waals surface area (Å²) in [6.07, 6.45) is 4.27. The zero-order valence-corrected chi connectivity index (χ0v) is 11.6. The molecule has 1 aliphatic heterocycles. The van der Waals surface area contributed by atoms with Crippen LogP contribution < -0.4 is 5.32 Å². The van der Waals surface area contributed by atoms with Gasteiger partial charge in [-0.1, -0.05) is 13.8 Å². The Balaban J connectivity index is 2.33. The molecule has 3 nitrogen and oxygen atoms in total. The van der Waals surface area contributed by atoms with Gasteiger partial charge in [0.25, 0.3) is 0 Å². The maximum absolute atomic E-state index is 8.76. The Morgan fingerprint density at radius 1 is 1.35 bits per heavy atom. The van der Waals surface area contributed by atoms with Crippen LogP contribution in [0.5, 0.6) is 0 Å². The molecule has 98 valence electrons. The van der Waals surface area contributed by atoms with Gasteiger partial charge in [0.15, 0.2) is 0 Å². The van der Waals surface area contributed by atoms with E-state index in [0.717, 1.165) is 12.3 Å². The number of piperidine rings is 1. The molecule has 0 aromatic heterocycles. The molecule has 0 amide bonds. The Hall–Kier alpha value is -0.590. The molecule has 0 spiro atoms. The third-order valence-corrected chi connectivity index (χ3v) is 4.12. The molecule has 2 unspecified atom stereocenters. The fraction of sp³-hybridized carbons (Fsp3) is 0.929. The van der Waals surface area contributed by atoms with Crippen molar-refractivity contribution in [1.29, 1.82) is 5.26 Å². The van der Waals surface area contributed by atoms with Crippen LogP contribution in [0.1, 0.15) is 46.5 Å². The number of hydrogen-bond acceptors (Lipinski definition) is 3. The smallest absolute Gasteiger partial charge is 0.0638 e. The number of likely N-dealkylation sites (tertiary alicyclic amines) is 1. The van der Waals surface area contributed by atoms with E-state index in [0.29, 0.717) is 18.5 Å². The minimum absolute atomic E-state index is 0.374. The van der Waals surface area contributed by atoms with Crippen LogP contribution in [0.4, 0.5) is 0 Å².